The summed E-state index contributed by atoms with van der Waals surface area (Å²) in [6.07, 6.45) is 13.9. The number of hydrogen-bond acceptors (Lipinski definition) is 0. The van der Waals surface area contributed by atoms with Gasteiger partial charge in [-0.3, -0.25) is 0 Å². The number of unbranched alkanes of at least 4 members (excludes halogenated alkanes) is 9. The second-order valence-corrected chi connectivity index (χ2v) is 10.2. The van der Waals surface area contributed by atoms with Crippen molar-refractivity contribution < 1.29 is 4.48 Å². The van der Waals surface area contributed by atoms with Gasteiger partial charge in [-0.25, -0.2) is 0 Å². The molecule has 0 N–H and O–H groups in total. The molecule has 0 unspecified atom stereocenters. The van der Waals surface area contributed by atoms with E-state index < -0.39 is 0 Å². The van der Waals surface area contributed by atoms with Gasteiger partial charge >= 0.3 is 0 Å². The predicted molar refractivity (Wildman–Crippen MR) is 147 cm³/mol. The molecule has 34 heavy (non-hydrogen) atoms. The highest BCUT2D eigenvalue weighted by Crippen LogP contribution is 2.26. The first-order valence-electron chi connectivity index (χ1n) is 13.8. The highest BCUT2D eigenvalue weighted by Gasteiger charge is 2.28. The standard InChI is InChI=1S/C33H46N/c1-2-3-4-5-6-7-8-9-10-20-27-34(28-31-21-14-11-15-22-31,29-32-23-16-12-17-24-32)30-33-25-18-13-19-26-33/h11-19,21-26H,2-10,20,27-30H2,1H3/q+1. The van der Waals surface area contributed by atoms with Crippen LogP contribution in [0.1, 0.15) is 87.8 Å². The number of quaternary nitrogens is 1. The van der Waals surface area contributed by atoms with E-state index in [1.165, 1.54) is 87.4 Å². The van der Waals surface area contributed by atoms with Crippen LogP contribution in [-0.2, 0) is 19.6 Å². The Labute approximate surface area is 209 Å². The number of benzene rings is 3. The molecule has 3 aromatic rings. The third kappa shape index (κ3) is 9.85. The fraction of sp³-hybridized carbons (Fsp3) is 0.455. The van der Waals surface area contributed by atoms with Crippen molar-refractivity contribution in [1.29, 1.82) is 0 Å². The lowest BCUT2D eigenvalue weighted by Gasteiger charge is -2.39. The molecule has 0 spiro atoms. The number of hydrogen-bond donors (Lipinski definition) is 0. The van der Waals surface area contributed by atoms with Gasteiger partial charge in [0.2, 0.25) is 0 Å². The van der Waals surface area contributed by atoms with Crippen LogP contribution in [0, 0.1) is 0 Å². The summed E-state index contributed by atoms with van der Waals surface area (Å²) in [4.78, 5) is 0. The van der Waals surface area contributed by atoms with E-state index in [-0.39, 0.29) is 0 Å². The summed E-state index contributed by atoms with van der Waals surface area (Å²) >= 11 is 0. The Hall–Kier alpha value is -2.38. The lowest BCUT2D eigenvalue weighted by molar-refractivity contribution is -0.966. The molecule has 0 aromatic heterocycles. The predicted octanol–water partition coefficient (Wildman–Crippen LogP) is 9.32. The third-order valence-corrected chi connectivity index (χ3v) is 7.07. The first-order valence-corrected chi connectivity index (χ1v) is 13.8. The minimum Gasteiger partial charge on any atom is -0.312 e. The molecular weight excluding hydrogens is 410 g/mol. The van der Waals surface area contributed by atoms with Crippen LogP contribution in [-0.4, -0.2) is 11.0 Å². The molecule has 1 nitrogen and oxygen atoms in total. The first-order chi connectivity index (χ1) is 16.8. The molecule has 0 saturated carbocycles. The topological polar surface area (TPSA) is 0 Å². The molecule has 3 aromatic carbocycles. The minimum atomic E-state index is 1.09. The zero-order valence-corrected chi connectivity index (χ0v) is 21.5. The molecule has 1 heteroatoms. The highest BCUT2D eigenvalue weighted by atomic mass is 15.3. The molecule has 0 saturated heterocycles. The van der Waals surface area contributed by atoms with E-state index in [4.69, 9.17) is 0 Å². The quantitative estimate of drug-likeness (QED) is 0.140. The second kappa shape index (κ2) is 15.5. The maximum Gasteiger partial charge on any atom is 0.105 e. The van der Waals surface area contributed by atoms with Gasteiger partial charge in [-0.15, -0.1) is 0 Å². The Morgan fingerprint density at radius 3 is 1.09 bits per heavy atom. The Balaban J connectivity index is 1.65. The van der Waals surface area contributed by atoms with E-state index in [2.05, 4.69) is 97.9 Å². The normalized spacial score (nSPS) is 11.6. The van der Waals surface area contributed by atoms with Crippen molar-refractivity contribution >= 4 is 0 Å². The summed E-state index contributed by atoms with van der Waals surface area (Å²) in [6, 6.07) is 33.4. The van der Waals surface area contributed by atoms with Gasteiger partial charge in [-0.05, 0) is 12.8 Å². The van der Waals surface area contributed by atoms with Crippen LogP contribution in [0.4, 0.5) is 0 Å². The fourth-order valence-corrected chi connectivity index (χ4v) is 5.25. The van der Waals surface area contributed by atoms with Gasteiger partial charge in [-0.2, -0.15) is 0 Å². The average molecular weight is 457 g/mol. The van der Waals surface area contributed by atoms with Gasteiger partial charge in [-0.1, -0.05) is 149 Å². The maximum atomic E-state index is 2.31. The van der Waals surface area contributed by atoms with Crippen molar-refractivity contribution in [2.75, 3.05) is 6.54 Å². The summed E-state index contributed by atoms with van der Waals surface area (Å²) in [5.41, 5.74) is 4.34. The highest BCUT2D eigenvalue weighted by molar-refractivity contribution is 5.17. The van der Waals surface area contributed by atoms with Crippen LogP contribution in [0.3, 0.4) is 0 Å². The van der Waals surface area contributed by atoms with Crippen LogP contribution in [0.5, 0.6) is 0 Å². The zero-order valence-electron chi connectivity index (χ0n) is 21.5. The van der Waals surface area contributed by atoms with E-state index in [9.17, 15) is 0 Å². The van der Waals surface area contributed by atoms with Crippen molar-refractivity contribution in [1.82, 2.24) is 0 Å². The Morgan fingerprint density at radius 1 is 0.412 bits per heavy atom. The van der Waals surface area contributed by atoms with E-state index in [1.807, 2.05) is 0 Å². The molecule has 0 heterocycles. The minimum absolute atomic E-state index is 1.09. The summed E-state index contributed by atoms with van der Waals surface area (Å²) in [6.45, 7) is 6.78. The second-order valence-electron chi connectivity index (χ2n) is 10.2. The smallest absolute Gasteiger partial charge is 0.105 e. The van der Waals surface area contributed by atoms with Gasteiger partial charge in [0.25, 0.3) is 0 Å². The van der Waals surface area contributed by atoms with E-state index >= 15 is 0 Å². The molecule has 0 aliphatic rings. The van der Waals surface area contributed by atoms with Crippen molar-refractivity contribution in [2.24, 2.45) is 0 Å². The molecular formula is C33H46N+. The third-order valence-electron chi connectivity index (χ3n) is 7.07. The molecule has 182 valence electrons. The van der Waals surface area contributed by atoms with Crippen LogP contribution in [0.2, 0.25) is 0 Å². The number of nitrogens with zero attached hydrogens (tertiary/aromatic N) is 1. The summed E-state index contributed by atoms with van der Waals surface area (Å²) in [5, 5.41) is 0. The van der Waals surface area contributed by atoms with E-state index in [0.29, 0.717) is 0 Å². The zero-order chi connectivity index (χ0) is 23.7. The average Bonchev–Trinajstić information content (AvgIpc) is 2.87. The molecule has 0 bridgehead atoms. The van der Waals surface area contributed by atoms with Crippen molar-refractivity contribution in [2.45, 2.75) is 90.8 Å². The molecule has 0 aliphatic heterocycles. The summed E-state index contributed by atoms with van der Waals surface area (Å²) in [7, 11) is 0. The van der Waals surface area contributed by atoms with E-state index in [0.717, 1.165) is 24.1 Å². The molecule has 0 amide bonds. The van der Waals surface area contributed by atoms with Crippen molar-refractivity contribution in [3.63, 3.8) is 0 Å². The Kier molecular flexibility index (Phi) is 12.0. The molecule has 0 aliphatic carbocycles. The summed E-state index contributed by atoms with van der Waals surface area (Å²) < 4.78 is 1.09. The lowest BCUT2D eigenvalue weighted by Crippen LogP contribution is -2.46. The van der Waals surface area contributed by atoms with Gasteiger partial charge in [0.05, 0.1) is 6.54 Å². The first kappa shape index (κ1) is 26.2. The van der Waals surface area contributed by atoms with Gasteiger partial charge < -0.3 is 4.48 Å². The fourth-order valence-electron chi connectivity index (χ4n) is 5.25. The maximum absolute atomic E-state index is 2.31. The lowest BCUT2D eigenvalue weighted by atomic mass is 10.0. The van der Waals surface area contributed by atoms with Crippen LogP contribution < -0.4 is 0 Å². The SMILES string of the molecule is CCCCCCCCCCCC[N+](Cc1ccccc1)(Cc1ccccc1)Cc1ccccc1. The Bertz CT molecular complexity index is 771. The van der Waals surface area contributed by atoms with Gasteiger partial charge in [0.15, 0.2) is 0 Å². The van der Waals surface area contributed by atoms with Crippen molar-refractivity contribution in [3.8, 4) is 0 Å². The van der Waals surface area contributed by atoms with Gasteiger partial charge in [0.1, 0.15) is 19.6 Å². The van der Waals surface area contributed by atoms with Gasteiger partial charge in [0, 0.05) is 16.7 Å². The van der Waals surface area contributed by atoms with Crippen LogP contribution in [0.15, 0.2) is 91.0 Å². The Morgan fingerprint density at radius 2 is 0.735 bits per heavy atom. The molecule has 3 rings (SSSR count). The molecule has 0 radical (unpaired) electrons. The molecule has 0 fully saturated rings. The molecule has 0 atom stereocenters. The monoisotopic (exact) mass is 456 g/mol. The van der Waals surface area contributed by atoms with Crippen molar-refractivity contribution in [3.05, 3.63) is 108 Å². The van der Waals surface area contributed by atoms with Crippen LogP contribution in [0.25, 0.3) is 0 Å². The number of rotatable bonds is 17. The van der Waals surface area contributed by atoms with E-state index in [1.54, 1.807) is 0 Å². The van der Waals surface area contributed by atoms with Crippen LogP contribution >= 0.6 is 0 Å². The summed E-state index contributed by atoms with van der Waals surface area (Å²) in [5.74, 6) is 0. The largest absolute Gasteiger partial charge is 0.312 e.